The summed E-state index contributed by atoms with van der Waals surface area (Å²) in [6.45, 7) is 0.633. The maximum Gasteiger partial charge on any atom is 0.317 e. The number of carbonyl (C=O) groups is 2. The summed E-state index contributed by atoms with van der Waals surface area (Å²) in [5.41, 5.74) is 1.96. The van der Waals surface area contributed by atoms with E-state index in [0.29, 0.717) is 54.3 Å². The first kappa shape index (κ1) is 19.7. The third-order valence-electron chi connectivity index (χ3n) is 5.84. The molecule has 0 unspecified atom stereocenters. The summed E-state index contributed by atoms with van der Waals surface area (Å²) in [6, 6.07) is 11.0. The lowest BCUT2D eigenvalue weighted by Gasteiger charge is -2.28. The lowest BCUT2D eigenvalue weighted by molar-refractivity contribution is -0.153. The standard InChI is InChI=1S/C22H21N3O5S/c26-19(23-15-4-3-5-16-20(15)25-31-24-16)13-30-21(27)22(8-1-2-9-22)14-6-7-17-18(12-14)29-11-10-28-17/h3-7,12H,1-2,8-11,13H2,(H,23,26). The molecule has 1 N–H and O–H groups in total. The molecule has 1 aromatic heterocycles. The number of fused-ring (bicyclic) bond motifs is 2. The number of benzene rings is 2. The van der Waals surface area contributed by atoms with Crippen LogP contribution in [0.4, 0.5) is 5.69 Å². The van der Waals surface area contributed by atoms with Gasteiger partial charge in [-0.2, -0.15) is 8.75 Å². The van der Waals surface area contributed by atoms with Gasteiger partial charge in [-0.15, -0.1) is 0 Å². The Labute approximate surface area is 182 Å². The van der Waals surface area contributed by atoms with E-state index in [1.807, 2.05) is 24.3 Å². The average Bonchev–Trinajstić information content (AvgIpc) is 3.48. The molecule has 0 saturated heterocycles. The van der Waals surface area contributed by atoms with Crippen LogP contribution in [-0.2, 0) is 19.7 Å². The number of ether oxygens (including phenoxy) is 3. The van der Waals surface area contributed by atoms with Crippen LogP contribution in [0.25, 0.3) is 11.0 Å². The van der Waals surface area contributed by atoms with Crippen molar-refractivity contribution in [3.05, 3.63) is 42.0 Å². The second-order valence-electron chi connectivity index (χ2n) is 7.71. The van der Waals surface area contributed by atoms with Crippen LogP contribution in [0.3, 0.4) is 0 Å². The molecule has 1 amide bonds. The van der Waals surface area contributed by atoms with E-state index >= 15 is 0 Å². The number of hydrogen-bond donors (Lipinski definition) is 1. The third-order valence-corrected chi connectivity index (χ3v) is 6.38. The molecular formula is C22H21N3O5S. The summed E-state index contributed by atoms with van der Waals surface area (Å²) in [6.07, 6.45) is 3.21. The van der Waals surface area contributed by atoms with E-state index in [0.717, 1.165) is 30.1 Å². The van der Waals surface area contributed by atoms with Gasteiger partial charge in [-0.05, 0) is 42.7 Å². The van der Waals surface area contributed by atoms with Crippen LogP contribution < -0.4 is 14.8 Å². The number of nitrogens with one attached hydrogen (secondary N) is 1. The van der Waals surface area contributed by atoms with Gasteiger partial charge in [0, 0.05) is 0 Å². The van der Waals surface area contributed by atoms with Crippen molar-refractivity contribution in [2.45, 2.75) is 31.1 Å². The molecule has 5 rings (SSSR count). The summed E-state index contributed by atoms with van der Waals surface area (Å²) in [5.74, 6) is 0.529. The van der Waals surface area contributed by atoms with Crippen LogP contribution in [-0.4, -0.2) is 40.4 Å². The Kier molecular flexibility index (Phi) is 5.19. The van der Waals surface area contributed by atoms with E-state index in [1.165, 1.54) is 0 Å². The minimum Gasteiger partial charge on any atom is -0.486 e. The maximum absolute atomic E-state index is 13.2. The van der Waals surface area contributed by atoms with Gasteiger partial charge in [-0.3, -0.25) is 9.59 Å². The largest absolute Gasteiger partial charge is 0.486 e. The van der Waals surface area contributed by atoms with E-state index in [4.69, 9.17) is 14.2 Å². The van der Waals surface area contributed by atoms with E-state index in [9.17, 15) is 9.59 Å². The van der Waals surface area contributed by atoms with Crippen LogP contribution >= 0.6 is 11.7 Å². The van der Waals surface area contributed by atoms with Gasteiger partial charge in [-0.1, -0.05) is 25.0 Å². The number of aromatic nitrogens is 2. The predicted molar refractivity (Wildman–Crippen MR) is 115 cm³/mol. The normalized spacial score (nSPS) is 16.8. The highest BCUT2D eigenvalue weighted by atomic mass is 32.1. The van der Waals surface area contributed by atoms with E-state index in [2.05, 4.69) is 14.1 Å². The fourth-order valence-corrected chi connectivity index (χ4v) is 4.84. The van der Waals surface area contributed by atoms with Crippen LogP contribution in [0.2, 0.25) is 0 Å². The van der Waals surface area contributed by atoms with Gasteiger partial charge in [0.2, 0.25) is 0 Å². The molecular weight excluding hydrogens is 418 g/mol. The van der Waals surface area contributed by atoms with Gasteiger partial charge in [-0.25, -0.2) is 0 Å². The Hall–Kier alpha value is -3.20. The quantitative estimate of drug-likeness (QED) is 0.608. The number of nitrogens with zero attached hydrogens (tertiary/aromatic N) is 2. The Morgan fingerprint density at radius 1 is 1.06 bits per heavy atom. The van der Waals surface area contributed by atoms with Gasteiger partial charge < -0.3 is 19.5 Å². The topological polar surface area (TPSA) is 99.6 Å². The molecule has 2 aromatic carbocycles. The summed E-state index contributed by atoms with van der Waals surface area (Å²) in [7, 11) is 0. The Balaban J connectivity index is 1.30. The first-order valence-corrected chi connectivity index (χ1v) is 11.0. The Morgan fingerprint density at radius 2 is 1.87 bits per heavy atom. The second kappa shape index (κ2) is 8.14. The van der Waals surface area contributed by atoms with Crippen molar-refractivity contribution in [1.29, 1.82) is 0 Å². The fraction of sp³-hybridized carbons (Fsp3) is 0.364. The molecule has 1 aliphatic carbocycles. The fourth-order valence-electron chi connectivity index (χ4n) is 4.29. The highest BCUT2D eigenvalue weighted by Gasteiger charge is 2.45. The summed E-state index contributed by atoms with van der Waals surface area (Å²) >= 11 is 1.08. The van der Waals surface area contributed by atoms with Crippen LogP contribution in [0.15, 0.2) is 36.4 Å². The van der Waals surface area contributed by atoms with E-state index in [-0.39, 0.29) is 12.6 Å². The zero-order chi connectivity index (χ0) is 21.3. The zero-order valence-corrected chi connectivity index (χ0v) is 17.6. The third kappa shape index (κ3) is 3.69. The van der Waals surface area contributed by atoms with Crippen molar-refractivity contribution in [3.8, 4) is 11.5 Å². The highest BCUT2D eigenvalue weighted by molar-refractivity contribution is 7.00. The smallest absolute Gasteiger partial charge is 0.317 e. The van der Waals surface area contributed by atoms with Crippen LogP contribution in [0, 0.1) is 0 Å². The number of anilines is 1. The summed E-state index contributed by atoms with van der Waals surface area (Å²) in [4.78, 5) is 25.6. The molecule has 0 atom stereocenters. The average molecular weight is 439 g/mol. The van der Waals surface area contributed by atoms with Crippen LogP contribution in [0.1, 0.15) is 31.2 Å². The first-order valence-electron chi connectivity index (χ1n) is 10.2. The molecule has 9 heteroatoms. The van der Waals surface area contributed by atoms with Crippen molar-refractivity contribution in [2.75, 3.05) is 25.1 Å². The van der Waals surface area contributed by atoms with Crippen molar-refractivity contribution >= 4 is 40.3 Å². The minimum atomic E-state index is -0.769. The molecule has 160 valence electrons. The van der Waals surface area contributed by atoms with Crippen molar-refractivity contribution < 1.29 is 23.8 Å². The second-order valence-corrected chi connectivity index (χ2v) is 8.24. The molecule has 0 bridgehead atoms. The number of rotatable bonds is 5. The molecule has 3 aromatic rings. The van der Waals surface area contributed by atoms with E-state index < -0.39 is 11.3 Å². The SMILES string of the molecule is O=C(COC(=O)C1(c2ccc3c(c2)OCCO3)CCCC1)Nc1cccc2nsnc12. The highest BCUT2D eigenvalue weighted by Crippen LogP contribution is 2.45. The molecule has 1 fully saturated rings. The molecule has 1 saturated carbocycles. The number of amides is 1. The van der Waals surface area contributed by atoms with Crippen molar-refractivity contribution in [2.24, 2.45) is 0 Å². The Morgan fingerprint density at radius 3 is 2.71 bits per heavy atom. The predicted octanol–water partition coefficient (Wildman–Crippen LogP) is 3.46. The Bertz CT molecular complexity index is 1140. The lowest BCUT2D eigenvalue weighted by Crippen LogP contribution is -2.36. The van der Waals surface area contributed by atoms with Crippen molar-refractivity contribution in [3.63, 3.8) is 0 Å². The first-order chi connectivity index (χ1) is 15.2. The molecule has 8 nitrogen and oxygen atoms in total. The van der Waals surface area contributed by atoms with E-state index in [1.54, 1.807) is 12.1 Å². The minimum absolute atomic E-state index is 0.362. The summed E-state index contributed by atoms with van der Waals surface area (Å²) < 4.78 is 25.1. The molecule has 0 radical (unpaired) electrons. The number of esters is 1. The van der Waals surface area contributed by atoms with Gasteiger partial charge in [0.15, 0.2) is 18.1 Å². The summed E-state index contributed by atoms with van der Waals surface area (Å²) in [5, 5.41) is 2.76. The van der Waals surface area contributed by atoms with Gasteiger partial charge >= 0.3 is 5.97 Å². The molecule has 2 aliphatic rings. The van der Waals surface area contributed by atoms with Gasteiger partial charge in [0.05, 0.1) is 22.8 Å². The lowest BCUT2D eigenvalue weighted by atomic mass is 9.78. The molecule has 31 heavy (non-hydrogen) atoms. The molecule has 1 aliphatic heterocycles. The van der Waals surface area contributed by atoms with Gasteiger partial charge in [0.25, 0.3) is 5.91 Å². The monoisotopic (exact) mass is 439 g/mol. The zero-order valence-electron chi connectivity index (χ0n) is 16.8. The molecule has 2 heterocycles. The number of hydrogen-bond acceptors (Lipinski definition) is 8. The maximum atomic E-state index is 13.2. The van der Waals surface area contributed by atoms with Crippen molar-refractivity contribution in [1.82, 2.24) is 8.75 Å². The number of carbonyl (C=O) groups excluding carboxylic acids is 2. The van der Waals surface area contributed by atoms with Crippen LogP contribution in [0.5, 0.6) is 11.5 Å². The molecule has 0 spiro atoms. The van der Waals surface area contributed by atoms with Gasteiger partial charge in [0.1, 0.15) is 24.2 Å².